The van der Waals surface area contributed by atoms with Crippen LogP contribution in [-0.2, 0) is 22.6 Å². The second-order valence-electron chi connectivity index (χ2n) is 6.49. The number of rotatable bonds is 7. The first-order valence-corrected chi connectivity index (χ1v) is 9.12. The second kappa shape index (κ2) is 9.46. The van der Waals surface area contributed by atoms with Crippen LogP contribution in [0.3, 0.4) is 0 Å². The lowest BCUT2D eigenvalue weighted by Crippen LogP contribution is -2.12. The Bertz CT molecular complexity index is 938. The van der Waals surface area contributed by atoms with E-state index in [1.165, 1.54) is 0 Å². The van der Waals surface area contributed by atoms with Gasteiger partial charge in [-0.05, 0) is 48.7 Å². The lowest BCUT2D eigenvalue weighted by atomic mass is 10.1. The molecule has 0 bridgehead atoms. The van der Waals surface area contributed by atoms with E-state index in [-0.39, 0.29) is 24.9 Å². The highest BCUT2D eigenvalue weighted by molar-refractivity contribution is 6.04. The monoisotopic (exact) mass is 374 g/mol. The summed E-state index contributed by atoms with van der Waals surface area (Å²) in [5, 5.41) is 2.91. The number of ether oxygens (including phenoxy) is 1. The lowest BCUT2D eigenvalue weighted by Gasteiger charge is -2.09. The van der Waals surface area contributed by atoms with Gasteiger partial charge in [-0.25, -0.2) is 0 Å². The second-order valence-corrected chi connectivity index (χ2v) is 6.49. The van der Waals surface area contributed by atoms with Crippen LogP contribution >= 0.6 is 0 Å². The average molecular weight is 374 g/mol. The van der Waals surface area contributed by atoms with Crippen LogP contribution in [0.5, 0.6) is 0 Å². The third-order valence-corrected chi connectivity index (χ3v) is 4.35. The Kier molecular flexibility index (Phi) is 6.52. The van der Waals surface area contributed by atoms with Gasteiger partial charge in [-0.2, -0.15) is 0 Å². The first kappa shape index (κ1) is 19.3. The molecule has 5 heteroatoms. The number of esters is 1. The molecule has 3 rings (SSSR count). The number of nitrogens with one attached hydrogen (secondary N) is 1. The highest BCUT2D eigenvalue weighted by Crippen LogP contribution is 2.15. The maximum atomic E-state index is 12.4. The van der Waals surface area contributed by atoms with Gasteiger partial charge in [0.2, 0.25) is 0 Å². The number of hydrogen-bond acceptors (Lipinski definition) is 4. The maximum absolute atomic E-state index is 12.4. The van der Waals surface area contributed by atoms with Crippen molar-refractivity contribution < 1.29 is 14.3 Å². The normalized spacial score (nSPS) is 10.3. The van der Waals surface area contributed by atoms with Crippen LogP contribution in [0.2, 0.25) is 0 Å². The van der Waals surface area contributed by atoms with E-state index in [0.29, 0.717) is 12.0 Å². The summed E-state index contributed by atoms with van der Waals surface area (Å²) >= 11 is 0. The van der Waals surface area contributed by atoms with Crippen molar-refractivity contribution in [1.29, 1.82) is 0 Å². The number of aromatic nitrogens is 1. The molecule has 2 aromatic carbocycles. The summed E-state index contributed by atoms with van der Waals surface area (Å²) < 4.78 is 5.25. The van der Waals surface area contributed by atoms with Crippen LogP contribution in [0.4, 0.5) is 5.69 Å². The van der Waals surface area contributed by atoms with Crippen LogP contribution in [-0.4, -0.2) is 16.9 Å². The minimum Gasteiger partial charge on any atom is -0.461 e. The molecule has 1 amide bonds. The van der Waals surface area contributed by atoms with Crippen molar-refractivity contribution in [2.75, 3.05) is 5.32 Å². The molecule has 1 aromatic heterocycles. The van der Waals surface area contributed by atoms with Crippen LogP contribution in [0.15, 0.2) is 73.1 Å². The van der Waals surface area contributed by atoms with Crippen molar-refractivity contribution in [1.82, 2.24) is 4.98 Å². The molecule has 0 aliphatic heterocycles. The molecule has 0 saturated heterocycles. The third-order valence-electron chi connectivity index (χ3n) is 4.35. The first-order chi connectivity index (χ1) is 13.6. The Morgan fingerprint density at radius 1 is 0.964 bits per heavy atom. The lowest BCUT2D eigenvalue weighted by molar-refractivity contribution is -0.144. The smallest absolute Gasteiger partial charge is 0.306 e. The van der Waals surface area contributed by atoms with Gasteiger partial charge >= 0.3 is 5.97 Å². The number of para-hydroxylation sites is 1. The SMILES string of the molecule is Cc1ccccc1NC(=O)c1ccc(CCC(=O)OCc2cccnc2)cc1. The summed E-state index contributed by atoms with van der Waals surface area (Å²) in [6.07, 6.45) is 4.20. The Balaban J connectivity index is 1.48. The van der Waals surface area contributed by atoms with Crippen LogP contribution in [0, 0.1) is 6.92 Å². The quantitative estimate of drug-likeness (QED) is 0.626. The standard InChI is InChI=1S/C23H22N2O3/c1-17-5-2-3-7-21(17)25-23(27)20-11-8-18(9-12-20)10-13-22(26)28-16-19-6-4-14-24-15-19/h2-9,11-12,14-15H,10,13,16H2,1H3,(H,25,27). The van der Waals surface area contributed by atoms with E-state index < -0.39 is 0 Å². The van der Waals surface area contributed by atoms with Gasteiger partial charge in [0.1, 0.15) is 6.61 Å². The summed E-state index contributed by atoms with van der Waals surface area (Å²) in [5.74, 6) is -0.415. The predicted molar refractivity (Wildman–Crippen MR) is 108 cm³/mol. The molecule has 0 saturated carbocycles. The van der Waals surface area contributed by atoms with Crippen molar-refractivity contribution in [3.05, 3.63) is 95.3 Å². The van der Waals surface area contributed by atoms with E-state index in [0.717, 1.165) is 22.4 Å². The molecule has 1 heterocycles. The molecule has 0 unspecified atom stereocenters. The van der Waals surface area contributed by atoms with Crippen LogP contribution in [0.1, 0.15) is 33.5 Å². The number of nitrogens with zero attached hydrogens (tertiary/aromatic N) is 1. The molecule has 142 valence electrons. The molecule has 0 spiro atoms. The van der Waals surface area contributed by atoms with Crippen LogP contribution < -0.4 is 5.32 Å². The Hall–Kier alpha value is -3.47. The van der Waals surface area contributed by atoms with Gasteiger partial charge in [0, 0.05) is 35.6 Å². The molecule has 0 aliphatic rings. The van der Waals surface area contributed by atoms with E-state index >= 15 is 0 Å². The summed E-state index contributed by atoms with van der Waals surface area (Å²) in [4.78, 5) is 28.3. The minimum absolute atomic E-state index is 0.156. The Morgan fingerprint density at radius 3 is 2.46 bits per heavy atom. The predicted octanol–water partition coefficient (Wildman–Crippen LogP) is 4.32. The third kappa shape index (κ3) is 5.51. The van der Waals surface area contributed by atoms with Crippen LogP contribution in [0.25, 0.3) is 0 Å². The molecule has 0 aliphatic carbocycles. The molecule has 0 atom stereocenters. The summed E-state index contributed by atoms with van der Waals surface area (Å²) in [6.45, 7) is 2.18. The number of carbonyl (C=O) groups excluding carboxylic acids is 2. The molecular weight excluding hydrogens is 352 g/mol. The average Bonchev–Trinajstić information content (AvgIpc) is 2.73. The van der Waals surface area contributed by atoms with Gasteiger partial charge in [0.05, 0.1) is 0 Å². The number of amides is 1. The zero-order chi connectivity index (χ0) is 19.8. The molecular formula is C23H22N2O3. The number of hydrogen-bond donors (Lipinski definition) is 1. The number of pyridine rings is 1. The fraction of sp³-hybridized carbons (Fsp3) is 0.174. The highest BCUT2D eigenvalue weighted by atomic mass is 16.5. The van der Waals surface area contributed by atoms with E-state index in [9.17, 15) is 9.59 Å². The molecule has 1 N–H and O–H groups in total. The molecule has 0 radical (unpaired) electrons. The van der Waals surface area contributed by atoms with E-state index in [4.69, 9.17) is 4.74 Å². The summed E-state index contributed by atoms with van der Waals surface area (Å²) in [5.41, 5.74) is 4.22. The molecule has 28 heavy (non-hydrogen) atoms. The van der Waals surface area contributed by atoms with Crippen molar-refractivity contribution in [3.8, 4) is 0 Å². The summed E-state index contributed by atoms with van der Waals surface area (Å²) in [6, 6.07) is 18.6. The van der Waals surface area contributed by atoms with Crippen molar-refractivity contribution in [2.45, 2.75) is 26.4 Å². The van der Waals surface area contributed by atoms with Gasteiger partial charge in [-0.1, -0.05) is 36.4 Å². The van der Waals surface area contributed by atoms with Gasteiger partial charge in [0.25, 0.3) is 5.91 Å². The molecule has 3 aromatic rings. The fourth-order valence-corrected chi connectivity index (χ4v) is 2.70. The van der Waals surface area contributed by atoms with E-state index in [1.807, 2.05) is 49.4 Å². The van der Waals surface area contributed by atoms with Crippen molar-refractivity contribution in [3.63, 3.8) is 0 Å². The van der Waals surface area contributed by atoms with Crippen molar-refractivity contribution >= 4 is 17.6 Å². The number of anilines is 1. The number of aryl methyl sites for hydroxylation is 2. The summed E-state index contributed by atoms with van der Waals surface area (Å²) in [7, 11) is 0. The molecule has 0 fully saturated rings. The van der Waals surface area contributed by atoms with Gasteiger partial charge in [0.15, 0.2) is 0 Å². The van der Waals surface area contributed by atoms with Gasteiger partial charge < -0.3 is 10.1 Å². The van der Waals surface area contributed by atoms with E-state index in [2.05, 4.69) is 10.3 Å². The van der Waals surface area contributed by atoms with Crippen molar-refractivity contribution in [2.24, 2.45) is 0 Å². The maximum Gasteiger partial charge on any atom is 0.306 e. The fourth-order valence-electron chi connectivity index (χ4n) is 2.70. The number of carbonyl (C=O) groups is 2. The zero-order valence-corrected chi connectivity index (χ0v) is 15.7. The minimum atomic E-state index is -0.259. The largest absolute Gasteiger partial charge is 0.461 e. The number of benzene rings is 2. The highest BCUT2D eigenvalue weighted by Gasteiger charge is 2.09. The zero-order valence-electron chi connectivity index (χ0n) is 15.7. The Labute approximate surface area is 164 Å². The first-order valence-electron chi connectivity index (χ1n) is 9.12. The Morgan fingerprint density at radius 2 is 1.75 bits per heavy atom. The van der Waals surface area contributed by atoms with Gasteiger partial charge in [-0.15, -0.1) is 0 Å². The topological polar surface area (TPSA) is 68.3 Å². The van der Waals surface area contributed by atoms with E-state index in [1.54, 1.807) is 30.6 Å². The molecule has 5 nitrogen and oxygen atoms in total. The van der Waals surface area contributed by atoms with Gasteiger partial charge in [-0.3, -0.25) is 14.6 Å².